The summed E-state index contributed by atoms with van der Waals surface area (Å²) in [5.74, 6) is 1.22. The minimum absolute atomic E-state index is 0.0299. The quantitative estimate of drug-likeness (QED) is 0.813. The summed E-state index contributed by atoms with van der Waals surface area (Å²) in [6.45, 7) is 2.85. The molecule has 1 aliphatic rings. The molecule has 0 aliphatic heterocycles. The third kappa shape index (κ3) is 3.62. The largest absolute Gasteiger partial charge is 0.416 e. The molecule has 0 radical (unpaired) electrons. The normalized spacial score (nSPS) is 16.8. The molecule has 0 heterocycles. The van der Waals surface area contributed by atoms with Crippen LogP contribution >= 0.6 is 12.2 Å². The van der Waals surface area contributed by atoms with Gasteiger partial charge in [0.1, 0.15) is 4.99 Å². The van der Waals surface area contributed by atoms with Crippen molar-refractivity contribution in [2.24, 2.45) is 17.6 Å². The molecule has 1 atom stereocenters. The Morgan fingerprint density at radius 1 is 1.45 bits per heavy atom. The number of anilines is 1. The first-order valence-corrected chi connectivity index (χ1v) is 6.95. The minimum Gasteiger partial charge on any atom is -0.389 e. The standard InChI is InChI=1S/C14H17F3N2S/c1-8(9-2-3-9)7-19-12-5-4-10(14(15,16)17)6-11(12)13(18)20/h4-6,8-9,19H,2-3,7H2,1H3,(H2,18,20). The Morgan fingerprint density at radius 2 is 2.10 bits per heavy atom. The van der Waals surface area contributed by atoms with E-state index in [-0.39, 0.29) is 10.6 Å². The zero-order valence-corrected chi connectivity index (χ0v) is 11.9. The summed E-state index contributed by atoms with van der Waals surface area (Å²) >= 11 is 4.85. The van der Waals surface area contributed by atoms with Gasteiger partial charge in [0.2, 0.25) is 0 Å². The molecule has 1 unspecified atom stereocenters. The van der Waals surface area contributed by atoms with E-state index in [9.17, 15) is 13.2 Å². The maximum absolute atomic E-state index is 12.7. The van der Waals surface area contributed by atoms with E-state index in [4.69, 9.17) is 18.0 Å². The number of hydrogen-bond acceptors (Lipinski definition) is 2. The van der Waals surface area contributed by atoms with Crippen LogP contribution in [0.2, 0.25) is 0 Å². The zero-order valence-electron chi connectivity index (χ0n) is 11.1. The number of hydrogen-bond donors (Lipinski definition) is 2. The second kappa shape index (κ2) is 5.60. The van der Waals surface area contributed by atoms with Gasteiger partial charge < -0.3 is 11.1 Å². The number of halogens is 3. The van der Waals surface area contributed by atoms with Gasteiger partial charge in [0.05, 0.1) is 5.56 Å². The van der Waals surface area contributed by atoms with Crippen molar-refractivity contribution >= 4 is 22.9 Å². The van der Waals surface area contributed by atoms with Crippen molar-refractivity contribution in [1.29, 1.82) is 0 Å². The van der Waals surface area contributed by atoms with Gasteiger partial charge in [0, 0.05) is 17.8 Å². The lowest BCUT2D eigenvalue weighted by molar-refractivity contribution is -0.137. The summed E-state index contributed by atoms with van der Waals surface area (Å²) in [5, 5.41) is 3.16. The van der Waals surface area contributed by atoms with Crippen LogP contribution in [0, 0.1) is 11.8 Å². The van der Waals surface area contributed by atoms with Crippen LogP contribution in [0.15, 0.2) is 18.2 Å². The van der Waals surface area contributed by atoms with Crippen molar-refractivity contribution in [1.82, 2.24) is 0 Å². The highest BCUT2D eigenvalue weighted by atomic mass is 32.1. The zero-order chi connectivity index (χ0) is 14.9. The van der Waals surface area contributed by atoms with Crippen LogP contribution in [-0.4, -0.2) is 11.5 Å². The number of rotatable bonds is 5. The molecule has 3 N–H and O–H groups in total. The lowest BCUT2D eigenvalue weighted by Crippen LogP contribution is -2.18. The van der Waals surface area contributed by atoms with Crippen molar-refractivity contribution in [3.63, 3.8) is 0 Å². The van der Waals surface area contributed by atoms with E-state index in [1.807, 2.05) is 0 Å². The first kappa shape index (κ1) is 15.1. The maximum atomic E-state index is 12.7. The highest BCUT2D eigenvalue weighted by Gasteiger charge is 2.31. The van der Waals surface area contributed by atoms with Gasteiger partial charge in [0.15, 0.2) is 0 Å². The number of alkyl halides is 3. The van der Waals surface area contributed by atoms with Crippen LogP contribution in [0.25, 0.3) is 0 Å². The van der Waals surface area contributed by atoms with E-state index < -0.39 is 11.7 Å². The molecule has 1 saturated carbocycles. The van der Waals surface area contributed by atoms with E-state index in [1.54, 1.807) is 0 Å². The molecular formula is C14H17F3N2S. The molecule has 6 heteroatoms. The van der Waals surface area contributed by atoms with Crippen LogP contribution in [0.1, 0.15) is 30.9 Å². The average molecular weight is 302 g/mol. The molecule has 0 amide bonds. The fourth-order valence-corrected chi connectivity index (χ4v) is 2.35. The average Bonchev–Trinajstić information content (AvgIpc) is 3.18. The Hall–Kier alpha value is -1.30. The maximum Gasteiger partial charge on any atom is 0.416 e. The molecule has 0 aromatic heterocycles. The van der Waals surface area contributed by atoms with E-state index in [0.717, 1.165) is 18.1 Å². The monoisotopic (exact) mass is 302 g/mol. The van der Waals surface area contributed by atoms with Gasteiger partial charge in [0.25, 0.3) is 0 Å². The summed E-state index contributed by atoms with van der Waals surface area (Å²) in [4.78, 5) is -0.0299. The summed E-state index contributed by atoms with van der Waals surface area (Å²) in [7, 11) is 0. The van der Waals surface area contributed by atoms with E-state index in [1.165, 1.54) is 18.9 Å². The van der Waals surface area contributed by atoms with Gasteiger partial charge in [-0.25, -0.2) is 0 Å². The van der Waals surface area contributed by atoms with Gasteiger partial charge >= 0.3 is 6.18 Å². The predicted molar refractivity (Wildman–Crippen MR) is 77.7 cm³/mol. The smallest absolute Gasteiger partial charge is 0.389 e. The minimum atomic E-state index is -4.39. The van der Waals surface area contributed by atoms with Crippen LogP contribution in [0.4, 0.5) is 18.9 Å². The van der Waals surface area contributed by atoms with Gasteiger partial charge in [-0.1, -0.05) is 19.1 Å². The van der Waals surface area contributed by atoms with Crippen LogP contribution in [-0.2, 0) is 6.18 Å². The Kier molecular flexibility index (Phi) is 4.22. The summed E-state index contributed by atoms with van der Waals surface area (Å²) < 4.78 is 38.1. The van der Waals surface area contributed by atoms with E-state index in [2.05, 4.69) is 12.2 Å². The Morgan fingerprint density at radius 3 is 2.60 bits per heavy atom. The third-order valence-corrected chi connectivity index (χ3v) is 3.87. The molecule has 1 aliphatic carbocycles. The molecule has 2 rings (SSSR count). The van der Waals surface area contributed by atoms with Gasteiger partial charge in [-0.3, -0.25) is 0 Å². The Bertz CT molecular complexity index is 510. The molecule has 1 aromatic carbocycles. The first-order valence-electron chi connectivity index (χ1n) is 6.54. The second-order valence-electron chi connectivity index (χ2n) is 5.32. The predicted octanol–water partition coefficient (Wildman–Crippen LogP) is 3.80. The second-order valence-corrected chi connectivity index (χ2v) is 5.76. The number of nitrogens with two attached hydrogens (primary N) is 1. The van der Waals surface area contributed by atoms with Crippen LogP contribution in [0.3, 0.4) is 0 Å². The highest BCUT2D eigenvalue weighted by molar-refractivity contribution is 7.80. The van der Waals surface area contributed by atoms with Crippen molar-refractivity contribution in [3.8, 4) is 0 Å². The van der Waals surface area contributed by atoms with Gasteiger partial charge in [-0.2, -0.15) is 13.2 Å². The molecule has 20 heavy (non-hydrogen) atoms. The topological polar surface area (TPSA) is 38.0 Å². The summed E-state index contributed by atoms with van der Waals surface area (Å²) in [6, 6.07) is 3.45. The summed E-state index contributed by atoms with van der Waals surface area (Å²) in [6.07, 6.45) is -1.92. The van der Waals surface area contributed by atoms with Crippen molar-refractivity contribution < 1.29 is 13.2 Å². The fourth-order valence-electron chi connectivity index (χ4n) is 2.18. The fraction of sp³-hybridized carbons (Fsp3) is 0.500. The number of thiocarbonyl (C=S) groups is 1. The van der Waals surface area contributed by atoms with Gasteiger partial charge in [-0.05, 0) is 42.9 Å². The number of benzene rings is 1. The summed E-state index contributed by atoms with van der Waals surface area (Å²) in [5.41, 5.74) is 5.61. The SMILES string of the molecule is CC(CNc1ccc(C(F)(F)F)cc1C(N)=S)C1CC1. The molecule has 110 valence electrons. The molecule has 0 bridgehead atoms. The van der Waals surface area contributed by atoms with E-state index >= 15 is 0 Å². The highest BCUT2D eigenvalue weighted by Crippen LogP contribution is 2.37. The third-order valence-electron chi connectivity index (χ3n) is 3.65. The number of nitrogens with one attached hydrogen (secondary N) is 1. The van der Waals surface area contributed by atoms with Gasteiger partial charge in [-0.15, -0.1) is 0 Å². The van der Waals surface area contributed by atoms with E-state index in [0.29, 0.717) is 18.2 Å². The van der Waals surface area contributed by atoms with Crippen molar-refractivity contribution in [3.05, 3.63) is 29.3 Å². The van der Waals surface area contributed by atoms with Crippen LogP contribution < -0.4 is 11.1 Å². The lowest BCUT2D eigenvalue weighted by atomic mass is 10.0. The van der Waals surface area contributed by atoms with Crippen LogP contribution in [0.5, 0.6) is 0 Å². The molecular weight excluding hydrogens is 285 g/mol. The first-order chi connectivity index (χ1) is 9.29. The molecule has 0 saturated heterocycles. The Balaban J connectivity index is 2.16. The molecule has 1 fully saturated rings. The molecule has 1 aromatic rings. The van der Waals surface area contributed by atoms with Crippen molar-refractivity contribution in [2.75, 3.05) is 11.9 Å². The molecule has 2 nitrogen and oxygen atoms in total. The molecule has 0 spiro atoms. The lowest BCUT2D eigenvalue weighted by Gasteiger charge is -2.17. The Labute approximate surface area is 121 Å². The van der Waals surface area contributed by atoms with Crippen molar-refractivity contribution in [2.45, 2.75) is 25.9 Å².